The average molecular weight is 492 g/mol. The van der Waals surface area contributed by atoms with E-state index in [2.05, 4.69) is 103 Å². The van der Waals surface area contributed by atoms with Crippen molar-refractivity contribution in [3.8, 4) is 22.5 Å². The summed E-state index contributed by atoms with van der Waals surface area (Å²) in [5.74, 6) is 0.918. The standard InChI is InChI=1S/C29H41N5S/c1-6-19-33(20-7-2)25-15-11-23(12-16-25)27-28(31-32-29(30-27)35-10-5)24-13-17-26(18-14-24)34(21-8-3)22-9-4/h11-18H,6-10,19-22H2,1-5H3. The van der Waals surface area contributed by atoms with Crippen LogP contribution in [-0.2, 0) is 0 Å². The topological polar surface area (TPSA) is 45.2 Å². The lowest BCUT2D eigenvalue weighted by molar-refractivity contribution is 0.745. The Balaban J connectivity index is 1.97. The predicted octanol–water partition coefficient (Wildman–Crippen LogP) is 7.57. The van der Waals surface area contributed by atoms with E-state index < -0.39 is 0 Å². The Kier molecular flexibility index (Phi) is 10.9. The minimum atomic E-state index is 0.725. The predicted molar refractivity (Wildman–Crippen MR) is 153 cm³/mol. The highest BCUT2D eigenvalue weighted by atomic mass is 32.2. The second-order valence-electron chi connectivity index (χ2n) is 8.79. The Bertz CT molecular complexity index is 1010. The zero-order valence-electron chi connectivity index (χ0n) is 22.1. The fraction of sp³-hybridized carbons (Fsp3) is 0.483. The normalized spacial score (nSPS) is 11.0. The summed E-state index contributed by atoms with van der Waals surface area (Å²) >= 11 is 1.63. The van der Waals surface area contributed by atoms with Gasteiger partial charge in [0.25, 0.3) is 0 Å². The molecule has 3 rings (SSSR count). The summed E-state index contributed by atoms with van der Waals surface area (Å²) in [5, 5.41) is 9.80. The highest BCUT2D eigenvalue weighted by Gasteiger charge is 2.15. The van der Waals surface area contributed by atoms with E-state index in [9.17, 15) is 0 Å². The smallest absolute Gasteiger partial charge is 0.209 e. The third-order valence-corrected chi connectivity index (χ3v) is 6.65. The van der Waals surface area contributed by atoms with Gasteiger partial charge in [0.15, 0.2) is 0 Å². The lowest BCUT2D eigenvalue weighted by atomic mass is 10.0. The van der Waals surface area contributed by atoms with Crippen LogP contribution in [0.3, 0.4) is 0 Å². The molecule has 0 N–H and O–H groups in total. The Hall–Kier alpha value is -2.60. The van der Waals surface area contributed by atoms with E-state index in [1.165, 1.54) is 11.4 Å². The van der Waals surface area contributed by atoms with Gasteiger partial charge in [0.1, 0.15) is 11.4 Å². The molecule has 0 spiro atoms. The average Bonchev–Trinajstić information content (AvgIpc) is 2.89. The van der Waals surface area contributed by atoms with Crippen LogP contribution >= 0.6 is 11.8 Å². The number of rotatable bonds is 14. The van der Waals surface area contributed by atoms with E-state index in [0.717, 1.165) is 85.3 Å². The summed E-state index contributed by atoms with van der Waals surface area (Å²) in [5.41, 5.74) is 6.38. The maximum atomic E-state index is 4.94. The van der Waals surface area contributed by atoms with Gasteiger partial charge in [0, 0.05) is 48.7 Å². The summed E-state index contributed by atoms with van der Waals surface area (Å²) in [6, 6.07) is 17.5. The first kappa shape index (κ1) is 27.0. The van der Waals surface area contributed by atoms with E-state index >= 15 is 0 Å². The molecule has 0 fully saturated rings. The van der Waals surface area contributed by atoms with E-state index in [-0.39, 0.29) is 0 Å². The van der Waals surface area contributed by atoms with Crippen LogP contribution in [0.25, 0.3) is 22.5 Å². The highest BCUT2D eigenvalue weighted by Crippen LogP contribution is 2.32. The number of anilines is 2. The molecule has 5 nitrogen and oxygen atoms in total. The highest BCUT2D eigenvalue weighted by molar-refractivity contribution is 7.99. The molecule has 3 aromatic rings. The van der Waals surface area contributed by atoms with Gasteiger partial charge in [-0.2, -0.15) is 0 Å². The van der Waals surface area contributed by atoms with Gasteiger partial charge in [-0.1, -0.05) is 70.6 Å². The number of thioether (sulfide) groups is 1. The molecular weight excluding hydrogens is 450 g/mol. The van der Waals surface area contributed by atoms with Crippen LogP contribution in [0.2, 0.25) is 0 Å². The number of aromatic nitrogens is 3. The lowest BCUT2D eigenvalue weighted by Gasteiger charge is -2.24. The van der Waals surface area contributed by atoms with Crippen molar-refractivity contribution in [3.05, 3.63) is 48.5 Å². The van der Waals surface area contributed by atoms with Crippen molar-refractivity contribution in [2.45, 2.75) is 65.5 Å². The van der Waals surface area contributed by atoms with Crippen molar-refractivity contribution in [1.82, 2.24) is 15.2 Å². The molecule has 0 radical (unpaired) electrons. The fourth-order valence-corrected chi connectivity index (χ4v) is 4.89. The van der Waals surface area contributed by atoms with Crippen LogP contribution < -0.4 is 9.80 Å². The molecule has 2 aromatic carbocycles. The summed E-state index contributed by atoms with van der Waals surface area (Å²) in [6.45, 7) is 15.3. The van der Waals surface area contributed by atoms with Crippen LogP contribution in [0.4, 0.5) is 11.4 Å². The molecule has 35 heavy (non-hydrogen) atoms. The van der Waals surface area contributed by atoms with Crippen molar-refractivity contribution >= 4 is 23.1 Å². The van der Waals surface area contributed by atoms with E-state index in [1.807, 2.05) is 0 Å². The summed E-state index contributed by atoms with van der Waals surface area (Å²) in [4.78, 5) is 9.85. The summed E-state index contributed by atoms with van der Waals surface area (Å²) < 4.78 is 0. The van der Waals surface area contributed by atoms with Crippen LogP contribution in [0.5, 0.6) is 0 Å². The monoisotopic (exact) mass is 491 g/mol. The molecule has 188 valence electrons. The quantitative estimate of drug-likeness (QED) is 0.217. The molecule has 0 saturated carbocycles. The van der Waals surface area contributed by atoms with Crippen LogP contribution in [0.1, 0.15) is 60.3 Å². The Morgan fingerprint density at radius 1 is 0.571 bits per heavy atom. The van der Waals surface area contributed by atoms with E-state index in [4.69, 9.17) is 4.98 Å². The van der Waals surface area contributed by atoms with Gasteiger partial charge < -0.3 is 9.80 Å². The van der Waals surface area contributed by atoms with Gasteiger partial charge >= 0.3 is 0 Å². The molecule has 1 heterocycles. The maximum Gasteiger partial charge on any atom is 0.209 e. The maximum absolute atomic E-state index is 4.94. The van der Waals surface area contributed by atoms with Gasteiger partial charge in [-0.3, -0.25) is 0 Å². The molecule has 0 unspecified atom stereocenters. The minimum absolute atomic E-state index is 0.725. The van der Waals surface area contributed by atoms with Crippen molar-refractivity contribution in [2.75, 3.05) is 41.7 Å². The summed E-state index contributed by atoms with van der Waals surface area (Å²) in [7, 11) is 0. The number of hydrogen-bond acceptors (Lipinski definition) is 6. The van der Waals surface area contributed by atoms with Crippen molar-refractivity contribution in [3.63, 3.8) is 0 Å². The number of hydrogen-bond donors (Lipinski definition) is 0. The third kappa shape index (κ3) is 7.20. The minimum Gasteiger partial charge on any atom is -0.372 e. The molecule has 0 bridgehead atoms. The first-order valence-corrected chi connectivity index (χ1v) is 14.2. The van der Waals surface area contributed by atoms with E-state index in [1.54, 1.807) is 11.8 Å². The Morgan fingerprint density at radius 3 is 1.40 bits per heavy atom. The Labute approximate surface area is 216 Å². The number of benzene rings is 2. The van der Waals surface area contributed by atoms with Gasteiger partial charge in [0.2, 0.25) is 5.16 Å². The molecule has 0 aliphatic heterocycles. The molecule has 0 atom stereocenters. The van der Waals surface area contributed by atoms with Gasteiger partial charge in [-0.15, -0.1) is 10.2 Å². The van der Waals surface area contributed by atoms with Crippen LogP contribution in [0, 0.1) is 0 Å². The SMILES string of the molecule is CCCN(CCC)c1ccc(-c2nnc(SCC)nc2-c2ccc(N(CCC)CCC)cc2)cc1. The number of nitrogens with zero attached hydrogens (tertiary/aromatic N) is 5. The molecule has 1 aromatic heterocycles. The lowest BCUT2D eigenvalue weighted by Crippen LogP contribution is -2.24. The van der Waals surface area contributed by atoms with Gasteiger partial charge in [-0.25, -0.2) is 4.98 Å². The molecule has 0 saturated heterocycles. The zero-order valence-corrected chi connectivity index (χ0v) is 22.9. The fourth-order valence-electron chi connectivity index (χ4n) is 4.38. The largest absolute Gasteiger partial charge is 0.372 e. The van der Waals surface area contributed by atoms with Crippen LogP contribution in [-0.4, -0.2) is 47.1 Å². The molecule has 0 amide bonds. The van der Waals surface area contributed by atoms with Gasteiger partial charge in [-0.05, 0) is 55.7 Å². The summed E-state index contributed by atoms with van der Waals surface area (Å²) in [6.07, 6.45) is 4.57. The molecule has 0 aliphatic carbocycles. The Morgan fingerprint density at radius 2 is 1.00 bits per heavy atom. The van der Waals surface area contributed by atoms with Crippen molar-refractivity contribution in [1.29, 1.82) is 0 Å². The van der Waals surface area contributed by atoms with Crippen LogP contribution in [0.15, 0.2) is 53.7 Å². The van der Waals surface area contributed by atoms with E-state index in [0.29, 0.717) is 0 Å². The van der Waals surface area contributed by atoms with Gasteiger partial charge in [0.05, 0.1) is 0 Å². The second-order valence-corrected chi connectivity index (χ2v) is 10.0. The first-order valence-electron chi connectivity index (χ1n) is 13.2. The van der Waals surface area contributed by atoms with Crippen molar-refractivity contribution in [2.24, 2.45) is 0 Å². The van der Waals surface area contributed by atoms with Crippen molar-refractivity contribution < 1.29 is 0 Å². The molecule has 6 heteroatoms. The second kappa shape index (κ2) is 14.1. The zero-order chi connectivity index (χ0) is 25.0. The third-order valence-electron chi connectivity index (χ3n) is 5.93. The first-order chi connectivity index (χ1) is 17.1. The molecular formula is C29H41N5S. The molecule has 0 aliphatic rings.